The van der Waals surface area contributed by atoms with E-state index in [4.69, 9.17) is 4.74 Å². The second-order valence-corrected chi connectivity index (χ2v) is 8.73. The molecule has 0 radical (unpaired) electrons. The Hall–Kier alpha value is -2.87. The summed E-state index contributed by atoms with van der Waals surface area (Å²) in [5.41, 5.74) is 3.05. The van der Waals surface area contributed by atoms with Crippen LogP contribution in [-0.2, 0) is 19.6 Å². The van der Waals surface area contributed by atoms with E-state index in [2.05, 4.69) is 5.32 Å². The lowest BCUT2D eigenvalue weighted by Crippen LogP contribution is -2.45. The number of ether oxygens (including phenoxy) is 1. The Labute approximate surface area is 171 Å². The maximum absolute atomic E-state index is 12.8. The van der Waals surface area contributed by atoms with Gasteiger partial charge in [0, 0.05) is 5.69 Å². The van der Waals surface area contributed by atoms with Gasteiger partial charge < -0.3 is 10.1 Å². The molecule has 0 saturated carbocycles. The molecule has 0 aromatic heterocycles. The number of hydrogen-bond donors (Lipinski definition) is 1. The molecule has 156 valence electrons. The lowest BCUT2D eigenvalue weighted by molar-refractivity contribution is -0.116. The predicted octanol–water partition coefficient (Wildman–Crippen LogP) is 3.27. The Morgan fingerprint density at radius 1 is 1.07 bits per heavy atom. The molecule has 7 nitrogen and oxygen atoms in total. The van der Waals surface area contributed by atoms with Crippen molar-refractivity contribution in [3.63, 3.8) is 0 Å². The van der Waals surface area contributed by atoms with Crippen LogP contribution in [0, 0.1) is 13.8 Å². The third-order valence-corrected chi connectivity index (χ3v) is 5.45. The van der Waals surface area contributed by atoms with Gasteiger partial charge in [-0.05, 0) is 75.2 Å². The summed E-state index contributed by atoms with van der Waals surface area (Å²) in [4.78, 5) is 24.5. The van der Waals surface area contributed by atoms with Gasteiger partial charge in [-0.25, -0.2) is 13.2 Å². The lowest BCUT2D eigenvalue weighted by atomic mass is 10.1. The van der Waals surface area contributed by atoms with Gasteiger partial charge in [-0.3, -0.25) is 9.10 Å². The summed E-state index contributed by atoms with van der Waals surface area (Å²) in [6.07, 6.45) is 1.07. The largest absolute Gasteiger partial charge is 0.462 e. The molecule has 0 fully saturated rings. The third-order valence-electron chi connectivity index (χ3n) is 4.21. The van der Waals surface area contributed by atoms with Crippen molar-refractivity contribution in [3.05, 3.63) is 59.2 Å². The zero-order valence-corrected chi connectivity index (χ0v) is 18.0. The molecule has 29 heavy (non-hydrogen) atoms. The van der Waals surface area contributed by atoms with E-state index in [0.29, 0.717) is 16.9 Å². The summed E-state index contributed by atoms with van der Waals surface area (Å²) in [6, 6.07) is 10.6. The number of nitrogens with zero attached hydrogens (tertiary/aromatic N) is 1. The second kappa shape index (κ2) is 9.09. The molecule has 1 atom stereocenters. The van der Waals surface area contributed by atoms with Crippen LogP contribution in [0.15, 0.2) is 42.5 Å². The molecule has 0 bridgehead atoms. The predicted molar refractivity (Wildman–Crippen MR) is 114 cm³/mol. The van der Waals surface area contributed by atoms with Crippen LogP contribution >= 0.6 is 0 Å². The smallest absolute Gasteiger partial charge is 0.338 e. The number of aryl methyl sites for hydroxylation is 2. The fourth-order valence-corrected chi connectivity index (χ4v) is 4.20. The van der Waals surface area contributed by atoms with E-state index in [1.54, 1.807) is 31.2 Å². The number of nitrogens with one attached hydrogen (secondary N) is 1. The Morgan fingerprint density at radius 2 is 1.62 bits per heavy atom. The van der Waals surface area contributed by atoms with Gasteiger partial charge in [-0.2, -0.15) is 0 Å². The van der Waals surface area contributed by atoms with Crippen LogP contribution in [0.5, 0.6) is 0 Å². The van der Waals surface area contributed by atoms with Crippen LogP contribution in [0.2, 0.25) is 0 Å². The summed E-state index contributed by atoms with van der Waals surface area (Å²) in [7, 11) is -3.70. The molecule has 2 aromatic carbocycles. The molecule has 1 N–H and O–H groups in total. The molecule has 0 aliphatic carbocycles. The first kappa shape index (κ1) is 22.4. The van der Waals surface area contributed by atoms with Crippen molar-refractivity contribution in [1.29, 1.82) is 0 Å². The summed E-state index contributed by atoms with van der Waals surface area (Å²) in [6.45, 7) is 7.26. The summed E-state index contributed by atoms with van der Waals surface area (Å²) in [5.74, 6) is -0.935. The Balaban J connectivity index is 2.24. The van der Waals surface area contributed by atoms with E-state index in [-0.39, 0.29) is 6.61 Å². The highest BCUT2D eigenvalue weighted by molar-refractivity contribution is 7.92. The van der Waals surface area contributed by atoms with Gasteiger partial charge in [0.05, 0.1) is 24.1 Å². The maximum Gasteiger partial charge on any atom is 0.338 e. The molecule has 2 rings (SSSR count). The SMILES string of the molecule is CCOC(=O)c1ccc(NC(=O)[C@@H](C)N(c2cc(C)cc(C)c2)S(C)(=O)=O)cc1. The molecule has 1 amide bonds. The Morgan fingerprint density at radius 3 is 2.10 bits per heavy atom. The van der Waals surface area contributed by atoms with Gasteiger partial charge in [-0.15, -0.1) is 0 Å². The molecule has 0 aliphatic rings. The number of esters is 1. The molecular formula is C21H26N2O5S. The van der Waals surface area contributed by atoms with Crippen molar-refractivity contribution in [3.8, 4) is 0 Å². The summed E-state index contributed by atoms with van der Waals surface area (Å²) in [5, 5.41) is 2.69. The number of anilines is 2. The third kappa shape index (κ3) is 5.80. The van der Waals surface area contributed by atoms with Crippen molar-refractivity contribution < 1.29 is 22.7 Å². The Kier molecular flexibility index (Phi) is 7.02. The molecule has 0 saturated heterocycles. The molecule has 0 spiro atoms. The zero-order valence-electron chi connectivity index (χ0n) is 17.2. The van der Waals surface area contributed by atoms with Gasteiger partial charge in [0.15, 0.2) is 0 Å². The van der Waals surface area contributed by atoms with Crippen molar-refractivity contribution in [2.45, 2.75) is 33.7 Å². The number of rotatable bonds is 7. The molecule has 8 heteroatoms. The topological polar surface area (TPSA) is 92.8 Å². The van der Waals surface area contributed by atoms with Crippen molar-refractivity contribution in [2.75, 3.05) is 22.5 Å². The van der Waals surface area contributed by atoms with E-state index < -0.39 is 27.9 Å². The number of amides is 1. The summed E-state index contributed by atoms with van der Waals surface area (Å²) >= 11 is 0. The van der Waals surface area contributed by atoms with E-state index >= 15 is 0 Å². The fraction of sp³-hybridized carbons (Fsp3) is 0.333. The zero-order chi connectivity index (χ0) is 21.8. The van der Waals surface area contributed by atoms with Gasteiger partial charge in [-0.1, -0.05) is 6.07 Å². The lowest BCUT2D eigenvalue weighted by Gasteiger charge is -2.28. The number of benzene rings is 2. The minimum Gasteiger partial charge on any atom is -0.462 e. The van der Waals surface area contributed by atoms with E-state index in [1.807, 2.05) is 19.9 Å². The number of sulfonamides is 1. The van der Waals surface area contributed by atoms with Crippen LogP contribution in [0.4, 0.5) is 11.4 Å². The van der Waals surface area contributed by atoms with Gasteiger partial charge >= 0.3 is 5.97 Å². The normalized spacial score (nSPS) is 12.2. The molecule has 0 unspecified atom stereocenters. The second-order valence-electron chi connectivity index (χ2n) is 6.87. The monoisotopic (exact) mass is 418 g/mol. The van der Waals surface area contributed by atoms with Crippen LogP contribution in [-0.4, -0.2) is 39.2 Å². The fourth-order valence-electron chi connectivity index (χ4n) is 3.04. The van der Waals surface area contributed by atoms with E-state index in [0.717, 1.165) is 21.7 Å². The molecular weight excluding hydrogens is 392 g/mol. The van der Waals surface area contributed by atoms with Gasteiger partial charge in [0.25, 0.3) is 0 Å². The quantitative estimate of drug-likeness (QED) is 0.697. The highest BCUT2D eigenvalue weighted by atomic mass is 32.2. The van der Waals surface area contributed by atoms with E-state index in [9.17, 15) is 18.0 Å². The molecule has 2 aromatic rings. The van der Waals surface area contributed by atoms with Crippen LogP contribution in [0.1, 0.15) is 35.3 Å². The Bertz CT molecular complexity index is 980. The highest BCUT2D eigenvalue weighted by Gasteiger charge is 2.29. The first-order chi connectivity index (χ1) is 13.5. The molecule has 0 heterocycles. The number of hydrogen-bond acceptors (Lipinski definition) is 5. The van der Waals surface area contributed by atoms with Gasteiger partial charge in [0.2, 0.25) is 15.9 Å². The first-order valence-corrected chi connectivity index (χ1v) is 11.0. The van der Waals surface area contributed by atoms with Crippen LogP contribution in [0.25, 0.3) is 0 Å². The number of carbonyl (C=O) groups is 2. The van der Waals surface area contributed by atoms with Crippen molar-refractivity contribution >= 4 is 33.3 Å². The summed E-state index contributed by atoms with van der Waals surface area (Å²) < 4.78 is 30.9. The minimum atomic E-state index is -3.70. The standard InChI is InChI=1S/C21H26N2O5S/c1-6-28-21(25)17-7-9-18(10-8-17)22-20(24)16(4)23(29(5,26)27)19-12-14(2)11-15(3)13-19/h7-13,16H,6H2,1-5H3,(H,22,24)/t16-/m1/s1. The first-order valence-electron chi connectivity index (χ1n) is 9.18. The van der Waals surface area contributed by atoms with Crippen LogP contribution < -0.4 is 9.62 Å². The highest BCUT2D eigenvalue weighted by Crippen LogP contribution is 2.24. The van der Waals surface area contributed by atoms with Crippen molar-refractivity contribution in [1.82, 2.24) is 0 Å². The minimum absolute atomic E-state index is 0.272. The van der Waals surface area contributed by atoms with Crippen molar-refractivity contribution in [2.24, 2.45) is 0 Å². The number of carbonyl (C=O) groups excluding carboxylic acids is 2. The molecule has 0 aliphatic heterocycles. The van der Waals surface area contributed by atoms with Gasteiger partial charge in [0.1, 0.15) is 6.04 Å². The van der Waals surface area contributed by atoms with Crippen LogP contribution in [0.3, 0.4) is 0 Å². The average molecular weight is 419 g/mol. The average Bonchev–Trinajstić information content (AvgIpc) is 2.60. The van der Waals surface area contributed by atoms with E-state index in [1.165, 1.54) is 19.1 Å². The maximum atomic E-state index is 12.8.